The molecular weight excluding hydrogens is 865 g/mol. The summed E-state index contributed by atoms with van der Waals surface area (Å²) >= 11 is 0. The molecular formula is C36H66N8O12S4. The van der Waals surface area contributed by atoms with E-state index in [9.17, 15) is 38.4 Å². The highest BCUT2D eigenvalue weighted by molar-refractivity contribution is 8.93. The minimum absolute atomic E-state index is 0. The number of rotatable bonds is 35. The third-order valence-corrected chi connectivity index (χ3v) is 13.8. The lowest BCUT2D eigenvalue weighted by molar-refractivity contribution is -0.136. The van der Waals surface area contributed by atoms with Gasteiger partial charge in [0.2, 0.25) is 35.4 Å². The van der Waals surface area contributed by atoms with Gasteiger partial charge in [0.25, 0.3) is 0 Å². The van der Waals surface area contributed by atoms with Crippen molar-refractivity contribution >= 4 is 90.8 Å². The first-order chi connectivity index (χ1) is 28.9. The predicted octanol–water partition coefficient (Wildman–Crippen LogP) is 1.66. The van der Waals surface area contributed by atoms with Gasteiger partial charge in [0.05, 0.1) is 34.2 Å². The highest BCUT2D eigenvalue weighted by Crippen LogP contribution is 2.58. The van der Waals surface area contributed by atoms with Crippen LogP contribution < -0.4 is 32.7 Å². The second kappa shape index (κ2) is 31.5. The lowest BCUT2D eigenvalue weighted by Crippen LogP contribution is -2.45. The Balaban J connectivity index is 0.0000186. The summed E-state index contributed by atoms with van der Waals surface area (Å²) in [5.41, 5.74) is 11.0. The molecule has 2 atom stereocenters. The number of hydrogen-bond acceptors (Lipinski definition) is 16. The van der Waals surface area contributed by atoms with E-state index in [2.05, 4.69) is 21.3 Å². The van der Waals surface area contributed by atoms with Crippen LogP contribution in [0.3, 0.4) is 0 Å². The summed E-state index contributed by atoms with van der Waals surface area (Å²) in [6.45, 7) is 1.17. The molecule has 0 aromatic heterocycles. The number of alkyl carbamates (subject to hydrolysis) is 2. The SMILES string of the molecule is COCCOC(=O)NCCC(=O)N(CCC(=O)NCCCC[C@@H](C(N)=O)C1SS1)CCN(CCC(=O)NCCCC[C@@H](C(N)=O)C1SS1)C(=O)CCNC(=O)OCCOC.[HH].[HH]. The van der Waals surface area contributed by atoms with Crippen molar-refractivity contribution in [3.05, 3.63) is 0 Å². The van der Waals surface area contributed by atoms with E-state index < -0.39 is 24.0 Å². The lowest BCUT2D eigenvalue weighted by atomic mass is 10.0. The van der Waals surface area contributed by atoms with E-state index in [1.165, 1.54) is 24.0 Å². The third kappa shape index (κ3) is 24.8. The van der Waals surface area contributed by atoms with Crippen LogP contribution in [0.4, 0.5) is 9.59 Å². The molecule has 24 heteroatoms. The van der Waals surface area contributed by atoms with Gasteiger partial charge in [-0.15, -0.1) is 0 Å². The molecule has 20 nitrogen and oxygen atoms in total. The second-order valence-electron chi connectivity index (χ2n) is 13.7. The Hall–Kier alpha value is -3.32. The molecule has 0 aliphatic carbocycles. The fourth-order valence-electron chi connectivity index (χ4n) is 5.60. The number of nitrogens with one attached hydrogen (secondary N) is 4. The molecule has 0 saturated carbocycles. The Kier molecular flexibility index (Phi) is 27.7. The van der Waals surface area contributed by atoms with E-state index in [0.717, 1.165) is 0 Å². The fraction of sp³-hybridized carbons (Fsp3) is 0.778. The Morgan fingerprint density at radius 3 is 1.25 bits per heavy atom. The van der Waals surface area contributed by atoms with Gasteiger partial charge in [-0.1, -0.05) is 56.0 Å². The Morgan fingerprint density at radius 2 is 0.917 bits per heavy atom. The number of hydrogen-bond donors (Lipinski definition) is 6. The zero-order valence-corrected chi connectivity index (χ0v) is 37.7. The third-order valence-electron chi connectivity index (χ3n) is 9.15. The molecule has 0 spiro atoms. The van der Waals surface area contributed by atoms with E-state index in [0.29, 0.717) is 51.6 Å². The van der Waals surface area contributed by atoms with Gasteiger partial charge < -0.3 is 61.5 Å². The summed E-state index contributed by atoms with van der Waals surface area (Å²) in [6.07, 6.45) is 2.21. The van der Waals surface area contributed by atoms with Crippen LogP contribution in [0, 0.1) is 11.8 Å². The zero-order chi connectivity index (χ0) is 44.1. The van der Waals surface area contributed by atoms with Gasteiger partial charge >= 0.3 is 12.2 Å². The van der Waals surface area contributed by atoms with E-state index >= 15 is 0 Å². The summed E-state index contributed by atoms with van der Waals surface area (Å²) in [5, 5.41) is 10.7. The standard InChI is InChI=1S/C36H62N8O12S4.2H2/c1-53-21-23-55-35(51)41-15-9-29(47)43(17-11-27(45)39-13-5-3-7-25(31(37)49)33-57-58-33)19-20-44(30(48)10-16-42-36(52)56-24-22-54-2)18-12-28(46)40-14-6-4-8-26(32(38)50)34-59-60-34;;/h25-26,33-34H,3-24H2,1-2H3,(H2,37,49)(H2,38,50)(H,39,45)(H,40,46)(H,41,51)(H,42,52);2*1H/t25-,26-;;/m0../s1. The first-order valence-corrected chi connectivity index (χ1v) is 24.5. The molecule has 0 aromatic carbocycles. The average molecular weight is 931 g/mol. The number of amides is 8. The molecule has 346 valence electrons. The van der Waals surface area contributed by atoms with Crippen LogP contribution >= 0.6 is 43.2 Å². The highest BCUT2D eigenvalue weighted by Gasteiger charge is 2.38. The van der Waals surface area contributed by atoms with Crippen molar-refractivity contribution in [3.63, 3.8) is 0 Å². The molecule has 0 unspecified atom stereocenters. The van der Waals surface area contributed by atoms with Crippen LogP contribution in [0.1, 0.15) is 67.1 Å². The summed E-state index contributed by atoms with van der Waals surface area (Å²) < 4.78 is 20.1. The largest absolute Gasteiger partial charge is 0.447 e. The van der Waals surface area contributed by atoms with Crippen molar-refractivity contribution in [2.24, 2.45) is 23.3 Å². The highest BCUT2D eigenvalue weighted by atomic mass is 33.2. The molecule has 2 aliphatic heterocycles. The van der Waals surface area contributed by atoms with Crippen molar-refractivity contribution in [1.29, 1.82) is 0 Å². The number of ether oxygens (including phenoxy) is 4. The van der Waals surface area contributed by atoms with Crippen LogP contribution in [-0.4, -0.2) is 160 Å². The molecule has 2 heterocycles. The molecule has 8 amide bonds. The summed E-state index contributed by atoms with van der Waals surface area (Å²) in [7, 11) is 9.44. The minimum Gasteiger partial charge on any atom is -0.447 e. The number of methoxy groups -OCH3 is 2. The van der Waals surface area contributed by atoms with Gasteiger partial charge in [-0.25, -0.2) is 9.59 Å². The van der Waals surface area contributed by atoms with Crippen molar-refractivity contribution in [1.82, 2.24) is 31.1 Å². The normalized spacial score (nSPS) is 14.2. The number of carbonyl (C=O) groups excluding carboxylic acids is 8. The molecule has 2 rings (SSSR count). The van der Waals surface area contributed by atoms with Crippen molar-refractivity contribution in [2.75, 3.05) is 93.0 Å². The molecule has 0 aromatic rings. The average Bonchev–Trinajstić information content (AvgIpc) is 4.15. The van der Waals surface area contributed by atoms with Crippen LogP contribution in [0.5, 0.6) is 0 Å². The topological polar surface area (TPSA) is 280 Å². The first kappa shape index (κ1) is 52.8. The molecule has 2 aliphatic rings. The van der Waals surface area contributed by atoms with E-state index in [4.69, 9.17) is 30.4 Å². The van der Waals surface area contributed by atoms with Gasteiger partial charge in [0.15, 0.2) is 0 Å². The molecule has 2 saturated heterocycles. The zero-order valence-electron chi connectivity index (χ0n) is 34.4. The summed E-state index contributed by atoms with van der Waals surface area (Å²) in [5.74, 6) is -2.44. The number of primary amides is 2. The Labute approximate surface area is 370 Å². The number of nitrogens with two attached hydrogens (primary N) is 2. The van der Waals surface area contributed by atoms with Crippen LogP contribution in [-0.2, 0) is 47.7 Å². The van der Waals surface area contributed by atoms with Crippen molar-refractivity contribution in [3.8, 4) is 0 Å². The monoisotopic (exact) mass is 930 g/mol. The fourth-order valence-corrected chi connectivity index (χ4v) is 9.34. The number of nitrogens with zero attached hydrogens (tertiary/aromatic N) is 2. The summed E-state index contributed by atoms with van der Waals surface area (Å²) in [6, 6.07) is 0. The van der Waals surface area contributed by atoms with Gasteiger partial charge in [0, 0.05) is 95.1 Å². The maximum atomic E-state index is 13.4. The maximum absolute atomic E-state index is 13.4. The lowest BCUT2D eigenvalue weighted by Gasteiger charge is -2.28. The first-order valence-electron chi connectivity index (χ1n) is 20.0. The van der Waals surface area contributed by atoms with Crippen molar-refractivity contribution in [2.45, 2.75) is 73.4 Å². The molecule has 0 bridgehead atoms. The minimum atomic E-state index is -0.722. The van der Waals surface area contributed by atoms with Gasteiger partial charge in [0.1, 0.15) is 13.2 Å². The van der Waals surface area contributed by atoms with Crippen LogP contribution in [0.25, 0.3) is 0 Å². The van der Waals surface area contributed by atoms with E-state index in [1.807, 2.05) is 0 Å². The second-order valence-corrected chi connectivity index (χ2v) is 19.4. The van der Waals surface area contributed by atoms with Crippen molar-refractivity contribution < 1.29 is 60.2 Å². The smallest absolute Gasteiger partial charge is 0.407 e. The maximum Gasteiger partial charge on any atom is 0.407 e. The van der Waals surface area contributed by atoms with Gasteiger partial charge in [-0.2, -0.15) is 0 Å². The molecule has 8 N–H and O–H groups in total. The number of carbonyl (C=O) groups is 8. The van der Waals surface area contributed by atoms with E-state index in [-0.39, 0.29) is 139 Å². The van der Waals surface area contributed by atoms with Gasteiger partial charge in [-0.3, -0.25) is 28.8 Å². The number of unbranched alkanes of at least 4 members (excludes halogenated alkanes) is 2. The predicted molar refractivity (Wildman–Crippen MR) is 235 cm³/mol. The molecule has 0 radical (unpaired) electrons. The van der Waals surface area contributed by atoms with Crippen LogP contribution in [0.15, 0.2) is 0 Å². The molecule has 60 heavy (non-hydrogen) atoms. The van der Waals surface area contributed by atoms with Crippen LogP contribution in [0.2, 0.25) is 0 Å². The summed E-state index contributed by atoms with van der Waals surface area (Å²) in [4.78, 5) is 103. The molecule has 2 fully saturated rings. The Morgan fingerprint density at radius 1 is 0.533 bits per heavy atom. The quantitative estimate of drug-likeness (QED) is 0.0300. The Bertz CT molecular complexity index is 1290. The van der Waals surface area contributed by atoms with Gasteiger partial charge in [-0.05, 0) is 25.7 Å². The van der Waals surface area contributed by atoms with E-state index in [1.54, 1.807) is 43.2 Å².